The van der Waals surface area contributed by atoms with Crippen LogP contribution in [0.15, 0.2) is 82.8 Å². The highest BCUT2D eigenvalue weighted by Crippen LogP contribution is 2.04. The molecule has 12 nitrogen and oxygen atoms in total. The molecule has 47 heavy (non-hydrogen) atoms. The maximum atomic E-state index is 10.1. The lowest BCUT2D eigenvalue weighted by Crippen LogP contribution is -2.22. The molecule has 0 bridgehead atoms. The predicted octanol–water partition coefficient (Wildman–Crippen LogP) is 1.08. The lowest BCUT2D eigenvalue weighted by Gasteiger charge is -2.06. The van der Waals surface area contributed by atoms with E-state index in [-0.39, 0.29) is 7.43 Å². The van der Waals surface area contributed by atoms with Gasteiger partial charge in [-0.3, -0.25) is 19.6 Å². The second kappa shape index (κ2) is 33.4. The highest BCUT2D eigenvalue weighted by atomic mass is 16.1. The third-order valence-electron chi connectivity index (χ3n) is 5.63. The van der Waals surface area contributed by atoms with Crippen LogP contribution in [-0.2, 0) is 13.1 Å². The number of nitrogens with one attached hydrogen (secondary N) is 2. The van der Waals surface area contributed by atoms with Gasteiger partial charge in [-0.25, -0.2) is 0 Å². The minimum Gasteiger partial charge on any atom is -0.329 e. The molecule has 0 heterocycles. The minimum atomic E-state index is 0. The van der Waals surface area contributed by atoms with E-state index < -0.39 is 0 Å². The van der Waals surface area contributed by atoms with Crippen LogP contribution in [0.5, 0.6) is 0 Å². The molecule has 0 aliphatic heterocycles. The molecule has 0 spiro atoms. The Morgan fingerprint density at radius 1 is 0.468 bits per heavy atom. The lowest BCUT2D eigenvalue weighted by atomic mass is 10.1. The smallest absolute Gasteiger partial charge is 0.150 e. The van der Waals surface area contributed by atoms with Crippen LogP contribution in [0, 0.1) is 0 Å². The van der Waals surface area contributed by atoms with Crippen molar-refractivity contribution < 1.29 is 9.59 Å². The zero-order chi connectivity index (χ0) is 34.1. The summed E-state index contributed by atoms with van der Waals surface area (Å²) in [7, 11) is 0. The number of nitrogens with zero attached hydrogens (tertiary/aromatic N) is 2. The number of benzene rings is 3. The number of carbonyl (C=O) groups is 2. The Morgan fingerprint density at radius 2 is 0.787 bits per heavy atom. The van der Waals surface area contributed by atoms with E-state index in [9.17, 15) is 9.59 Å². The summed E-state index contributed by atoms with van der Waals surface area (Å²) in [6.07, 6.45) is 5.14. The minimum absolute atomic E-state index is 0. The molecule has 0 atom stereocenters. The van der Waals surface area contributed by atoms with Gasteiger partial charge in [0.1, 0.15) is 12.6 Å². The summed E-state index contributed by atoms with van der Waals surface area (Å²) in [5.41, 5.74) is 37.2. The fraction of sp³-hybridized carbons (Fsp3) is 0.371. The van der Waals surface area contributed by atoms with Gasteiger partial charge in [0, 0.05) is 89.0 Å². The molecule has 14 N–H and O–H groups in total. The zero-order valence-corrected chi connectivity index (χ0v) is 26.9. The van der Waals surface area contributed by atoms with Crippen LogP contribution in [0.4, 0.5) is 0 Å². The highest BCUT2D eigenvalue weighted by molar-refractivity contribution is 5.84. The van der Waals surface area contributed by atoms with Gasteiger partial charge in [-0.1, -0.05) is 80.2 Å². The Balaban J connectivity index is 0. The Hall–Kier alpha value is -3.98. The average Bonchev–Trinajstić information content (AvgIpc) is 3.11. The van der Waals surface area contributed by atoms with Gasteiger partial charge in [-0.15, -0.1) is 0 Å². The number of carbonyl (C=O) groups excluding carboxylic acids is 2. The van der Waals surface area contributed by atoms with Crippen LogP contribution in [0.1, 0.15) is 50.4 Å². The second-order valence-corrected chi connectivity index (χ2v) is 9.54. The summed E-state index contributed by atoms with van der Waals surface area (Å²) in [5.74, 6) is 0. The largest absolute Gasteiger partial charge is 0.329 e. The summed E-state index contributed by atoms with van der Waals surface area (Å²) < 4.78 is 0. The van der Waals surface area contributed by atoms with Crippen molar-refractivity contribution >= 4 is 25.0 Å². The van der Waals surface area contributed by atoms with Crippen LogP contribution in [0.2, 0.25) is 0 Å². The molecule has 0 aliphatic carbocycles. The molecule has 0 amide bonds. The molecule has 0 unspecified atom stereocenters. The molecule has 0 saturated carbocycles. The van der Waals surface area contributed by atoms with Gasteiger partial charge in [0.05, 0.1) is 13.1 Å². The standard InChI is InChI=1S/C12H22N4.C12H18N4.C8H6O2.C2H8N2.CH4/c2*13-5-7-15-9-11-1-2-12(4-3-11)10-16-8-6-14;9-5-7-1-2-8(6-10)4-3-7;3-1-2-4;/h1-4,15-16H,5-10,13-14H2;1-4,9-10H,5-8,13-14H2;1-6H;1-4H2;1H4. The third kappa shape index (κ3) is 25.9. The molecule has 12 heteroatoms. The molecule has 0 radical (unpaired) electrons. The van der Waals surface area contributed by atoms with Crippen molar-refractivity contribution in [2.75, 3.05) is 65.4 Å². The first kappa shape index (κ1) is 45.1. The van der Waals surface area contributed by atoms with Gasteiger partial charge in [0.2, 0.25) is 0 Å². The predicted molar refractivity (Wildman–Crippen MR) is 199 cm³/mol. The van der Waals surface area contributed by atoms with Crippen LogP contribution in [-0.4, -0.2) is 90.4 Å². The number of nitrogens with two attached hydrogens (primary N) is 6. The Bertz CT molecular complexity index is 1090. The molecule has 0 aromatic heterocycles. The Labute approximate surface area is 281 Å². The van der Waals surface area contributed by atoms with Gasteiger partial charge < -0.3 is 45.0 Å². The Morgan fingerprint density at radius 3 is 1.04 bits per heavy atom. The van der Waals surface area contributed by atoms with Crippen molar-refractivity contribution in [3.8, 4) is 0 Å². The van der Waals surface area contributed by atoms with E-state index in [2.05, 4.69) is 44.9 Å². The normalized spacial score (nSPS) is 10.1. The van der Waals surface area contributed by atoms with Gasteiger partial charge in [-0.2, -0.15) is 0 Å². The van der Waals surface area contributed by atoms with Gasteiger partial charge in [0.25, 0.3) is 0 Å². The van der Waals surface area contributed by atoms with Crippen molar-refractivity contribution in [3.63, 3.8) is 0 Å². The lowest BCUT2D eigenvalue weighted by molar-refractivity contribution is 0.111. The van der Waals surface area contributed by atoms with E-state index in [1.165, 1.54) is 11.1 Å². The molecule has 0 fully saturated rings. The number of hydrogen-bond acceptors (Lipinski definition) is 12. The van der Waals surface area contributed by atoms with Crippen LogP contribution in [0.3, 0.4) is 0 Å². The van der Waals surface area contributed by atoms with Crippen LogP contribution in [0.25, 0.3) is 0 Å². The van der Waals surface area contributed by atoms with Crippen molar-refractivity contribution in [1.29, 1.82) is 0 Å². The molecule has 260 valence electrons. The van der Waals surface area contributed by atoms with Crippen molar-refractivity contribution in [2.24, 2.45) is 44.4 Å². The molecule has 3 rings (SSSR count). The first-order valence-electron chi connectivity index (χ1n) is 15.3. The van der Waals surface area contributed by atoms with E-state index in [1.54, 1.807) is 24.3 Å². The van der Waals surface area contributed by atoms with E-state index in [0.717, 1.165) is 49.9 Å². The highest BCUT2D eigenvalue weighted by Gasteiger charge is 1.95. The van der Waals surface area contributed by atoms with Crippen molar-refractivity contribution in [1.82, 2.24) is 10.6 Å². The van der Waals surface area contributed by atoms with Crippen LogP contribution < -0.4 is 45.0 Å². The van der Waals surface area contributed by atoms with E-state index in [0.29, 0.717) is 63.5 Å². The van der Waals surface area contributed by atoms with E-state index >= 15 is 0 Å². The Kier molecular flexibility index (Phi) is 32.1. The first-order valence-corrected chi connectivity index (χ1v) is 15.3. The van der Waals surface area contributed by atoms with E-state index in [4.69, 9.17) is 34.4 Å². The summed E-state index contributed by atoms with van der Waals surface area (Å²) in [5, 5.41) is 6.53. The number of hydrogen-bond donors (Lipinski definition) is 8. The first-order chi connectivity index (χ1) is 22.5. The van der Waals surface area contributed by atoms with Crippen LogP contribution >= 0.6 is 0 Å². The fourth-order valence-electron chi connectivity index (χ4n) is 3.25. The molecule has 3 aromatic rings. The number of aldehydes is 2. The quantitative estimate of drug-likeness (QED) is 0.0587. The summed E-state index contributed by atoms with van der Waals surface area (Å²) in [6, 6.07) is 23.0. The second-order valence-electron chi connectivity index (χ2n) is 9.54. The number of aliphatic imine (C=N–C) groups is 2. The molecule has 0 saturated heterocycles. The average molecular weight is 651 g/mol. The summed E-state index contributed by atoms with van der Waals surface area (Å²) in [6.45, 7) is 8.54. The van der Waals surface area contributed by atoms with Crippen molar-refractivity contribution in [2.45, 2.75) is 20.5 Å². The fourth-order valence-corrected chi connectivity index (χ4v) is 3.25. The third-order valence-corrected chi connectivity index (χ3v) is 5.63. The maximum Gasteiger partial charge on any atom is 0.150 e. The molecule has 3 aromatic carbocycles. The maximum absolute atomic E-state index is 10.1. The van der Waals surface area contributed by atoms with Crippen molar-refractivity contribution in [3.05, 3.63) is 106 Å². The summed E-state index contributed by atoms with van der Waals surface area (Å²) in [4.78, 5) is 28.6. The zero-order valence-electron chi connectivity index (χ0n) is 26.9. The molecule has 0 aliphatic rings. The van der Waals surface area contributed by atoms with Gasteiger partial charge >= 0.3 is 0 Å². The van der Waals surface area contributed by atoms with E-state index in [1.807, 2.05) is 36.7 Å². The summed E-state index contributed by atoms with van der Waals surface area (Å²) >= 11 is 0. The molecular weight excluding hydrogens is 592 g/mol. The topological polar surface area (TPSA) is 239 Å². The SMILES string of the molecule is C.NCCN.NCCN=Cc1ccc(C=NCCN)cc1.NCCNCc1ccc(CNCCN)cc1.O=Cc1ccc(C=O)cc1. The molecular formula is C35H58N10O2. The van der Waals surface area contributed by atoms with Gasteiger partial charge in [0.15, 0.2) is 0 Å². The monoisotopic (exact) mass is 650 g/mol. The van der Waals surface area contributed by atoms with Gasteiger partial charge in [-0.05, 0) is 22.3 Å². The number of rotatable bonds is 17.